The van der Waals surface area contributed by atoms with Crippen LogP contribution in [0.4, 0.5) is 8.78 Å². The molecule has 3 heterocycles. The summed E-state index contributed by atoms with van der Waals surface area (Å²) >= 11 is 0. The molecule has 7 heteroatoms. The molecule has 0 aliphatic carbocycles. The number of likely N-dealkylation sites (tertiary alicyclic amines) is 1. The third-order valence-corrected chi connectivity index (χ3v) is 6.99. The minimum Gasteiger partial charge on any atom is -0.301 e. The van der Waals surface area contributed by atoms with Gasteiger partial charge in [0, 0.05) is 32.6 Å². The average Bonchev–Trinajstić information content (AvgIpc) is 3.00. The van der Waals surface area contributed by atoms with Crippen LogP contribution in [0, 0.1) is 11.6 Å². The van der Waals surface area contributed by atoms with Gasteiger partial charge in [0.25, 0.3) is 0 Å². The molecule has 2 aliphatic heterocycles. The molecular formula is C27H30F2N4O. The van der Waals surface area contributed by atoms with Crippen molar-refractivity contribution in [1.29, 1.82) is 0 Å². The van der Waals surface area contributed by atoms with E-state index in [1.807, 2.05) is 4.57 Å². The average molecular weight is 465 g/mol. The van der Waals surface area contributed by atoms with E-state index >= 15 is 0 Å². The van der Waals surface area contributed by atoms with E-state index < -0.39 is 0 Å². The normalized spacial score (nSPS) is 16.8. The van der Waals surface area contributed by atoms with Crippen LogP contribution in [0.2, 0.25) is 0 Å². The standard InChI is InChI=1S/C27H30F2N4O/c28-23-9-5-20(6-10-23)26(21-7-11-24(29)12-8-21)22-13-16-31(17-14-22)18-19-33-27(34)32-15-3-1-2-4-25(32)30-33/h5-12H,1-4,13-19H2. The van der Waals surface area contributed by atoms with Gasteiger partial charge in [-0.1, -0.05) is 36.3 Å². The lowest BCUT2D eigenvalue weighted by Crippen LogP contribution is -2.36. The monoisotopic (exact) mass is 464 g/mol. The predicted molar refractivity (Wildman–Crippen MR) is 129 cm³/mol. The van der Waals surface area contributed by atoms with Crippen molar-refractivity contribution in [2.24, 2.45) is 0 Å². The van der Waals surface area contributed by atoms with Gasteiger partial charge in [-0.25, -0.2) is 18.3 Å². The summed E-state index contributed by atoms with van der Waals surface area (Å²) in [6, 6.07) is 13.1. The first-order chi connectivity index (χ1) is 16.6. The van der Waals surface area contributed by atoms with E-state index in [0.29, 0.717) is 6.54 Å². The molecule has 2 aliphatic rings. The lowest BCUT2D eigenvalue weighted by atomic mass is 9.88. The van der Waals surface area contributed by atoms with Crippen LogP contribution in [0.15, 0.2) is 58.9 Å². The zero-order valence-corrected chi connectivity index (χ0v) is 19.4. The maximum atomic E-state index is 13.5. The highest BCUT2D eigenvalue weighted by atomic mass is 19.1. The molecule has 0 spiro atoms. The van der Waals surface area contributed by atoms with Crippen LogP contribution >= 0.6 is 0 Å². The first-order valence-corrected chi connectivity index (χ1v) is 12.2. The van der Waals surface area contributed by atoms with Gasteiger partial charge in [-0.05, 0) is 66.6 Å². The van der Waals surface area contributed by atoms with Crippen molar-refractivity contribution in [1.82, 2.24) is 19.2 Å². The lowest BCUT2D eigenvalue weighted by Gasteiger charge is -2.30. The Morgan fingerprint density at radius 2 is 1.38 bits per heavy atom. The second-order valence-electron chi connectivity index (χ2n) is 9.22. The molecule has 3 aromatic rings. The van der Waals surface area contributed by atoms with E-state index in [1.165, 1.54) is 29.8 Å². The van der Waals surface area contributed by atoms with E-state index in [2.05, 4.69) is 10.00 Å². The molecule has 0 amide bonds. The summed E-state index contributed by atoms with van der Waals surface area (Å²) in [6.45, 7) is 3.92. The van der Waals surface area contributed by atoms with Crippen LogP contribution in [0.25, 0.3) is 5.57 Å². The predicted octanol–water partition coefficient (Wildman–Crippen LogP) is 4.65. The molecular weight excluding hydrogens is 434 g/mol. The third kappa shape index (κ3) is 4.89. The number of aromatic nitrogens is 3. The van der Waals surface area contributed by atoms with Crippen molar-refractivity contribution < 1.29 is 8.78 Å². The van der Waals surface area contributed by atoms with E-state index in [0.717, 1.165) is 87.2 Å². The fourth-order valence-corrected chi connectivity index (χ4v) is 5.11. The van der Waals surface area contributed by atoms with Crippen LogP contribution in [-0.4, -0.2) is 38.9 Å². The molecule has 5 rings (SSSR count). The zero-order chi connectivity index (χ0) is 23.5. The Hall–Kier alpha value is -3.06. The van der Waals surface area contributed by atoms with Crippen molar-refractivity contribution in [2.45, 2.75) is 51.6 Å². The Balaban J connectivity index is 1.30. The molecule has 0 N–H and O–H groups in total. The van der Waals surface area contributed by atoms with Gasteiger partial charge < -0.3 is 4.90 Å². The number of benzene rings is 2. The van der Waals surface area contributed by atoms with Crippen molar-refractivity contribution >= 4 is 5.57 Å². The van der Waals surface area contributed by atoms with Crippen molar-refractivity contribution in [2.75, 3.05) is 19.6 Å². The maximum absolute atomic E-state index is 13.5. The first kappa shape index (κ1) is 22.7. The molecule has 34 heavy (non-hydrogen) atoms. The summed E-state index contributed by atoms with van der Waals surface area (Å²) in [6.07, 6.45) is 5.93. The van der Waals surface area contributed by atoms with E-state index in [4.69, 9.17) is 0 Å². The van der Waals surface area contributed by atoms with Gasteiger partial charge in [-0.2, -0.15) is 5.10 Å². The number of rotatable bonds is 5. The SMILES string of the molecule is O=c1n(CCN2CCC(=C(c3ccc(F)cc3)c3ccc(F)cc3)CC2)nc2n1CCCCC2. The zero-order valence-electron chi connectivity index (χ0n) is 19.4. The number of aryl methyl sites for hydroxylation is 1. The van der Waals surface area contributed by atoms with Gasteiger partial charge in [0.1, 0.15) is 17.5 Å². The second-order valence-corrected chi connectivity index (χ2v) is 9.22. The van der Waals surface area contributed by atoms with Gasteiger partial charge in [0.2, 0.25) is 0 Å². The smallest absolute Gasteiger partial charge is 0.301 e. The number of fused-ring (bicyclic) bond motifs is 1. The summed E-state index contributed by atoms with van der Waals surface area (Å²) in [7, 11) is 0. The summed E-state index contributed by atoms with van der Waals surface area (Å²) in [5, 5.41) is 4.60. The third-order valence-electron chi connectivity index (χ3n) is 6.99. The number of hydrogen-bond acceptors (Lipinski definition) is 3. The number of hydrogen-bond donors (Lipinski definition) is 0. The molecule has 1 aromatic heterocycles. The Bertz CT molecular complexity index is 1170. The van der Waals surface area contributed by atoms with Gasteiger partial charge in [-0.3, -0.25) is 4.57 Å². The molecule has 0 radical (unpaired) electrons. The number of piperidine rings is 1. The van der Waals surface area contributed by atoms with Crippen LogP contribution in [0.3, 0.4) is 0 Å². The molecule has 1 fully saturated rings. The van der Waals surface area contributed by atoms with Gasteiger partial charge in [0.15, 0.2) is 0 Å². The van der Waals surface area contributed by atoms with Gasteiger partial charge in [-0.15, -0.1) is 0 Å². The van der Waals surface area contributed by atoms with Crippen molar-refractivity contribution in [3.63, 3.8) is 0 Å². The largest absolute Gasteiger partial charge is 0.345 e. The fraction of sp³-hybridized carbons (Fsp3) is 0.407. The Labute approximate surface area is 198 Å². The minimum atomic E-state index is -0.270. The summed E-state index contributed by atoms with van der Waals surface area (Å²) in [5.74, 6) is 0.386. The van der Waals surface area contributed by atoms with Gasteiger partial charge >= 0.3 is 5.69 Å². The Kier molecular flexibility index (Phi) is 6.72. The summed E-state index contributed by atoms with van der Waals surface area (Å²) in [5.41, 5.74) is 4.27. The quantitative estimate of drug-likeness (QED) is 0.552. The molecule has 0 atom stereocenters. The van der Waals surface area contributed by atoms with Crippen molar-refractivity contribution in [3.05, 3.63) is 93.2 Å². The number of nitrogens with zero attached hydrogens (tertiary/aromatic N) is 4. The first-order valence-electron chi connectivity index (χ1n) is 12.2. The fourth-order valence-electron chi connectivity index (χ4n) is 5.11. The maximum Gasteiger partial charge on any atom is 0.345 e. The van der Waals surface area contributed by atoms with E-state index in [1.54, 1.807) is 28.9 Å². The highest BCUT2D eigenvalue weighted by molar-refractivity contribution is 5.82. The van der Waals surface area contributed by atoms with Crippen LogP contribution in [0.1, 0.15) is 49.1 Å². The minimum absolute atomic E-state index is 0.0180. The van der Waals surface area contributed by atoms with Crippen LogP contribution in [0.5, 0.6) is 0 Å². The molecule has 0 saturated carbocycles. The molecule has 1 saturated heterocycles. The molecule has 5 nitrogen and oxygen atoms in total. The summed E-state index contributed by atoms with van der Waals surface area (Å²) in [4.78, 5) is 15.1. The summed E-state index contributed by atoms with van der Waals surface area (Å²) < 4.78 is 30.6. The van der Waals surface area contributed by atoms with Crippen molar-refractivity contribution in [3.8, 4) is 0 Å². The molecule has 0 unspecified atom stereocenters. The molecule has 0 bridgehead atoms. The van der Waals surface area contributed by atoms with Gasteiger partial charge in [0.05, 0.1) is 6.54 Å². The van der Waals surface area contributed by atoms with Crippen LogP contribution in [-0.2, 0) is 19.5 Å². The second kappa shape index (κ2) is 10.1. The van der Waals surface area contributed by atoms with E-state index in [-0.39, 0.29) is 17.3 Å². The highest BCUT2D eigenvalue weighted by Crippen LogP contribution is 2.32. The molecule has 178 valence electrons. The highest BCUT2D eigenvalue weighted by Gasteiger charge is 2.21. The molecule has 2 aromatic carbocycles. The Morgan fingerprint density at radius 1 is 0.765 bits per heavy atom. The van der Waals surface area contributed by atoms with Crippen LogP contribution < -0.4 is 5.69 Å². The number of halogens is 2. The van der Waals surface area contributed by atoms with E-state index in [9.17, 15) is 13.6 Å². The Morgan fingerprint density at radius 3 is 2.00 bits per heavy atom. The lowest BCUT2D eigenvalue weighted by molar-refractivity contribution is 0.241. The topological polar surface area (TPSA) is 43.1 Å².